The van der Waals surface area contributed by atoms with Crippen LogP contribution in [0, 0.1) is 0 Å². The molecular weight excluding hydrogens is 292 g/mol. The molecule has 1 aliphatic rings. The molecule has 0 spiro atoms. The van der Waals surface area contributed by atoms with E-state index in [9.17, 15) is 14.4 Å². The van der Waals surface area contributed by atoms with Gasteiger partial charge in [0.25, 0.3) is 0 Å². The predicted molar refractivity (Wildman–Crippen MR) is 74.4 cm³/mol. The number of piperazine rings is 1. The molecule has 9 heteroatoms. The Bertz CT molecular complexity index is 563. The van der Waals surface area contributed by atoms with Gasteiger partial charge in [-0.3, -0.25) is 9.48 Å². The van der Waals surface area contributed by atoms with Crippen molar-refractivity contribution < 1.29 is 24.2 Å². The molecule has 0 bridgehead atoms. The number of nitrogens with zero attached hydrogens (tertiary/aromatic N) is 4. The van der Waals surface area contributed by atoms with Crippen molar-refractivity contribution in [1.29, 1.82) is 0 Å². The highest BCUT2D eigenvalue weighted by Crippen LogP contribution is 2.05. The zero-order valence-corrected chi connectivity index (χ0v) is 12.3. The second-order valence-corrected chi connectivity index (χ2v) is 4.77. The van der Waals surface area contributed by atoms with Crippen molar-refractivity contribution in [3.05, 3.63) is 18.0 Å². The van der Waals surface area contributed by atoms with Crippen LogP contribution in [0.4, 0.5) is 4.79 Å². The number of hydrogen-bond acceptors (Lipinski definition) is 5. The lowest BCUT2D eigenvalue weighted by Gasteiger charge is -2.34. The summed E-state index contributed by atoms with van der Waals surface area (Å²) < 4.78 is 6.21. The maximum atomic E-state index is 12.1. The van der Waals surface area contributed by atoms with E-state index >= 15 is 0 Å². The third kappa shape index (κ3) is 3.74. The minimum absolute atomic E-state index is 0.0211. The molecule has 2 rings (SSSR count). The van der Waals surface area contributed by atoms with Crippen molar-refractivity contribution in [2.45, 2.75) is 13.5 Å². The Morgan fingerprint density at radius 3 is 2.41 bits per heavy atom. The van der Waals surface area contributed by atoms with Crippen LogP contribution < -0.4 is 0 Å². The second-order valence-electron chi connectivity index (χ2n) is 4.77. The first-order chi connectivity index (χ1) is 10.5. The zero-order chi connectivity index (χ0) is 16.1. The average Bonchev–Trinajstić information content (AvgIpc) is 2.96. The van der Waals surface area contributed by atoms with E-state index in [-0.39, 0.29) is 24.2 Å². The highest BCUT2D eigenvalue weighted by atomic mass is 16.6. The number of hydrogen-bond donors (Lipinski definition) is 1. The minimum atomic E-state index is -1.13. The molecule has 2 heterocycles. The summed E-state index contributed by atoms with van der Waals surface area (Å²) in [5.74, 6) is -1.29. The van der Waals surface area contributed by atoms with Crippen LogP contribution in [0.2, 0.25) is 0 Å². The van der Waals surface area contributed by atoms with Gasteiger partial charge in [0, 0.05) is 32.4 Å². The van der Waals surface area contributed by atoms with Gasteiger partial charge in [-0.05, 0) is 13.0 Å². The molecule has 0 atom stereocenters. The van der Waals surface area contributed by atoms with Crippen molar-refractivity contribution in [2.75, 3.05) is 32.8 Å². The minimum Gasteiger partial charge on any atom is -0.476 e. The number of carbonyl (C=O) groups excluding carboxylic acids is 2. The lowest BCUT2D eigenvalue weighted by molar-refractivity contribution is -0.133. The van der Waals surface area contributed by atoms with Gasteiger partial charge in [-0.1, -0.05) is 0 Å². The Kier molecular flexibility index (Phi) is 4.97. The largest absolute Gasteiger partial charge is 0.476 e. The molecule has 0 radical (unpaired) electrons. The number of amides is 2. The average molecular weight is 310 g/mol. The standard InChI is InChI=1S/C13H18N4O5/c1-2-22-13(21)16-7-5-15(6-8-16)11(18)9-17-4-3-10(14-17)12(19)20/h3-4H,2,5-9H2,1H3,(H,19,20). The summed E-state index contributed by atoms with van der Waals surface area (Å²) in [4.78, 5) is 37.6. The summed E-state index contributed by atoms with van der Waals surface area (Å²) in [6.07, 6.45) is 1.09. The highest BCUT2D eigenvalue weighted by Gasteiger charge is 2.25. The molecule has 0 aliphatic carbocycles. The third-order valence-electron chi connectivity index (χ3n) is 3.32. The number of rotatable bonds is 4. The number of carboxylic acid groups (broad SMARTS) is 1. The molecule has 0 unspecified atom stereocenters. The van der Waals surface area contributed by atoms with Gasteiger partial charge in [0.2, 0.25) is 5.91 Å². The van der Waals surface area contributed by atoms with E-state index in [1.807, 2.05) is 0 Å². The molecule has 1 aromatic rings. The van der Waals surface area contributed by atoms with Crippen molar-refractivity contribution in [2.24, 2.45) is 0 Å². The maximum Gasteiger partial charge on any atom is 0.409 e. The topological polar surface area (TPSA) is 105 Å². The molecular formula is C13H18N4O5. The van der Waals surface area contributed by atoms with E-state index in [2.05, 4.69) is 5.10 Å². The first kappa shape index (κ1) is 15.8. The maximum absolute atomic E-state index is 12.1. The fourth-order valence-corrected chi connectivity index (χ4v) is 2.16. The predicted octanol–water partition coefficient (Wildman–Crippen LogP) is -0.118. The Morgan fingerprint density at radius 1 is 1.23 bits per heavy atom. The van der Waals surface area contributed by atoms with E-state index in [1.165, 1.54) is 16.9 Å². The number of aromatic nitrogens is 2. The monoisotopic (exact) mass is 310 g/mol. The van der Waals surface area contributed by atoms with Gasteiger partial charge in [0.15, 0.2) is 5.69 Å². The van der Waals surface area contributed by atoms with Crippen LogP contribution in [-0.4, -0.2) is 75.4 Å². The van der Waals surface area contributed by atoms with Gasteiger partial charge in [-0.25, -0.2) is 9.59 Å². The molecule has 0 saturated carbocycles. The van der Waals surface area contributed by atoms with Crippen LogP contribution in [0.25, 0.3) is 0 Å². The summed E-state index contributed by atoms with van der Waals surface area (Å²) in [6.45, 7) is 3.73. The Morgan fingerprint density at radius 2 is 1.86 bits per heavy atom. The molecule has 120 valence electrons. The highest BCUT2D eigenvalue weighted by molar-refractivity contribution is 5.85. The van der Waals surface area contributed by atoms with Crippen LogP contribution in [0.1, 0.15) is 17.4 Å². The Hall–Kier alpha value is -2.58. The fourth-order valence-electron chi connectivity index (χ4n) is 2.16. The van der Waals surface area contributed by atoms with Crippen LogP contribution >= 0.6 is 0 Å². The van der Waals surface area contributed by atoms with Gasteiger partial charge >= 0.3 is 12.1 Å². The van der Waals surface area contributed by atoms with E-state index in [1.54, 1.807) is 16.7 Å². The van der Waals surface area contributed by atoms with Gasteiger partial charge in [-0.2, -0.15) is 5.10 Å². The summed E-state index contributed by atoms with van der Waals surface area (Å²) in [7, 11) is 0. The Balaban J connectivity index is 1.84. The number of ether oxygens (including phenoxy) is 1. The van der Waals surface area contributed by atoms with E-state index in [0.717, 1.165) is 0 Å². The normalized spacial score (nSPS) is 14.8. The zero-order valence-electron chi connectivity index (χ0n) is 12.3. The summed E-state index contributed by atoms with van der Waals surface area (Å²) >= 11 is 0. The van der Waals surface area contributed by atoms with E-state index in [0.29, 0.717) is 32.8 Å². The fraction of sp³-hybridized carbons (Fsp3) is 0.538. The molecule has 0 aromatic carbocycles. The third-order valence-corrected chi connectivity index (χ3v) is 3.32. The molecule has 9 nitrogen and oxygen atoms in total. The lowest BCUT2D eigenvalue weighted by atomic mass is 10.3. The molecule has 1 aromatic heterocycles. The van der Waals surface area contributed by atoms with Crippen LogP contribution in [0.3, 0.4) is 0 Å². The summed E-state index contributed by atoms with van der Waals surface area (Å²) in [5, 5.41) is 12.6. The molecule has 1 aliphatic heterocycles. The van der Waals surface area contributed by atoms with Crippen molar-refractivity contribution in [3.8, 4) is 0 Å². The molecule has 1 saturated heterocycles. The number of aromatic carboxylic acids is 1. The van der Waals surface area contributed by atoms with Crippen LogP contribution in [-0.2, 0) is 16.1 Å². The second kappa shape index (κ2) is 6.92. The quantitative estimate of drug-likeness (QED) is 0.831. The SMILES string of the molecule is CCOC(=O)N1CCN(C(=O)Cn2ccc(C(=O)O)n2)CC1. The summed E-state index contributed by atoms with van der Waals surface area (Å²) in [6, 6.07) is 1.34. The number of carbonyl (C=O) groups is 3. The van der Waals surface area contributed by atoms with Crippen LogP contribution in [0.5, 0.6) is 0 Å². The first-order valence-electron chi connectivity index (χ1n) is 6.97. The molecule has 22 heavy (non-hydrogen) atoms. The first-order valence-corrected chi connectivity index (χ1v) is 6.97. The van der Waals surface area contributed by atoms with E-state index < -0.39 is 5.97 Å². The lowest BCUT2D eigenvalue weighted by Crippen LogP contribution is -2.51. The smallest absolute Gasteiger partial charge is 0.409 e. The van der Waals surface area contributed by atoms with Gasteiger partial charge in [-0.15, -0.1) is 0 Å². The van der Waals surface area contributed by atoms with Crippen molar-refractivity contribution in [3.63, 3.8) is 0 Å². The van der Waals surface area contributed by atoms with Crippen molar-refractivity contribution >= 4 is 18.0 Å². The van der Waals surface area contributed by atoms with E-state index in [4.69, 9.17) is 9.84 Å². The molecule has 2 amide bonds. The number of carboxylic acids is 1. The molecule has 1 fully saturated rings. The summed E-state index contributed by atoms with van der Waals surface area (Å²) in [5.41, 5.74) is -0.0973. The van der Waals surface area contributed by atoms with Gasteiger partial charge in [0.05, 0.1) is 6.61 Å². The van der Waals surface area contributed by atoms with Crippen LogP contribution in [0.15, 0.2) is 12.3 Å². The molecule has 1 N–H and O–H groups in total. The van der Waals surface area contributed by atoms with Gasteiger partial charge < -0.3 is 19.6 Å². The van der Waals surface area contributed by atoms with Crippen molar-refractivity contribution in [1.82, 2.24) is 19.6 Å². The van der Waals surface area contributed by atoms with Gasteiger partial charge in [0.1, 0.15) is 6.54 Å². The Labute approximate surface area is 127 Å².